The molecule has 0 amide bonds. The molecule has 0 aromatic carbocycles. The lowest BCUT2D eigenvalue weighted by Crippen LogP contribution is -2.45. The molecule has 6 aliphatic rings. The van der Waals surface area contributed by atoms with Crippen molar-refractivity contribution in [2.45, 2.75) is 128 Å². The van der Waals surface area contributed by atoms with Crippen LogP contribution in [0.5, 0.6) is 0 Å². The van der Waals surface area contributed by atoms with Crippen molar-refractivity contribution in [3.63, 3.8) is 0 Å². The van der Waals surface area contributed by atoms with Crippen LogP contribution in [-0.2, 0) is 0 Å². The molecule has 0 saturated heterocycles. The molecule has 0 aromatic rings. The van der Waals surface area contributed by atoms with Crippen molar-refractivity contribution in [2.24, 2.45) is 59.2 Å². The SMILES string of the molecule is CC(C)C1CC([Si](C)(C)C2CCC3C4CCCCC4CCC32)C2CC3CCCC3CC12. The minimum absolute atomic E-state index is 0.925. The Morgan fingerprint density at radius 2 is 1.19 bits per heavy atom. The zero-order valence-electron chi connectivity index (χ0n) is 21.3. The first kappa shape index (κ1) is 21.7. The van der Waals surface area contributed by atoms with E-state index in [0.29, 0.717) is 0 Å². The Morgan fingerprint density at radius 1 is 0.516 bits per heavy atom. The fraction of sp³-hybridized carbons (Fsp3) is 1.00. The lowest BCUT2D eigenvalue weighted by atomic mass is 9.62. The van der Waals surface area contributed by atoms with Gasteiger partial charge in [-0.05, 0) is 115 Å². The maximum Gasteiger partial charge on any atom is 0.0541 e. The molecule has 0 heterocycles. The van der Waals surface area contributed by atoms with Crippen molar-refractivity contribution in [1.82, 2.24) is 0 Å². The molecular formula is C30H52Si. The molecule has 0 bridgehead atoms. The van der Waals surface area contributed by atoms with Crippen LogP contribution in [0.15, 0.2) is 0 Å². The third-order valence-electron chi connectivity index (χ3n) is 13.1. The second kappa shape index (κ2) is 8.16. The van der Waals surface area contributed by atoms with Gasteiger partial charge in [-0.3, -0.25) is 0 Å². The number of rotatable bonds is 3. The summed E-state index contributed by atoms with van der Waals surface area (Å²) >= 11 is 0. The molecule has 31 heavy (non-hydrogen) atoms. The Labute approximate surface area is 195 Å². The Kier molecular flexibility index (Phi) is 5.72. The van der Waals surface area contributed by atoms with Crippen LogP contribution >= 0.6 is 0 Å². The van der Waals surface area contributed by atoms with E-state index in [4.69, 9.17) is 0 Å². The molecular weight excluding hydrogens is 388 g/mol. The monoisotopic (exact) mass is 440 g/mol. The lowest BCUT2D eigenvalue weighted by Gasteiger charge is -2.49. The fourth-order valence-electron chi connectivity index (χ4n) is 11.8. The molecule has 0 radical (unpaired) electrons. The van der Waals surface area contributed by atoms with Crippen LogP contribution in [0.3, 0.4) is 0 Å². The van der Waals surface area contributed by atoms with E-state index in [0.717, 1.165) is 59.2 Å². The van der Waals surface area contributed by atoms with Crippen LogP contribution in [0.4, 0.5) is 0 Å². The molecule has 0 N–H and O–H groups in total. The van der Waals surface area contributed by atoms with E-state index < -0.39 is 8.07 Å². The lowest BCUT2D eigenvalue weighted by molar-refractivity contribution is 0.0719. The quantitative estimate of drug-likeness (QED) is 0.384. The summed E-state index contributed by atoms with van der Waals surface area (Å²) in [4.78, 5) is 0. The maximum atomic E-state index is 2.93. The molecule has 6 rings (SSSR count). The summed E-state index contributed by atoms with van der Waals surface area (Å²) in [7, 11) is -1.24. The summed E-state index contributed by atoms with van der Waals surface area (Å²) in [6.45, 7) is 11.0. The van der Waals surface area contributed by atoms with Gasteiger partial charge < -0.3 is 0 Å². The van der Waals surface area contributed by atoms with Gasteiger partial charge >= 0.3 is 0 Å². The second-order valence-corrected chi connectivity index (χ2v) is 19.7. The van der Waals surface area contributed by atoms with Gasteiger partial charge in [0.05, 0.1) is 8.07 Å². The zero-order valence-corrected chi connectivity index (χ0v) is 22.3. The molecule has 176 valence electrons. The van der Waals surface area contributed by atoms with Crippen LogP contribution < -0.4 is 0 Å². The number of fused-ring (bicyclic) bond motifs is 5. The highest BCUT2D eigenvalue weighted by molar-refractivity contribution is 6.80. The van der Waals surface area contributed by atoms with Gasteiger partial charge in [0, 0.05) is 0 Å². The molecule has 0 nitrogen and oxygen atoms in total. The Hall–Kier alpha value is 0.217. The Morgan fingerprint density at radius 3 is 1.97 bits per heavy atom. The van der Waals surface area contributed by atoms with Crippen molar-refractivity contribution in [3.05, 3.63) is 0 Å². The van der Waals surface area contributed by atoms with Crippen molar-refractivity contribution >= 4 is 8.07 Å². The third kappa shape index (κ3) is 3.47. The summed E-state index contributed by atoms with van der Waals surface area (Å²) in [5, 5.41) is 0. The van der Waals surface area contributed by atoms with E-state index in [-0.39, 0.29) is 0 Å². The van der Waals surface area contributed by atoms with Crippen molar-refractivity contribution in [2.75, 3.05) is 0 Å². The molecule has 0 aromatic heterocycles. The normalized spacial score (nSPS) is 52.0. The first-order valence-corrected chi connectivity index (χ1v) is 18.1. The number of hydrogen-bond acceptors (Lipinski definition) is 0. The molecule has 0 aliphatic heterocycles. The number of hydrogen-bond donors (Lipinski definition) is 0. The molecule has 6 fully saturated rings. The molecule has 11 unspecified atom stereocenters. The van der Waals surface area contributed by atoms with E-state index in [2.05, 4.69) is 26.9 Å². The topological polar surface area (TPSA) is 0 Å². The third-order valence-corrected chi connectivity index (χ3v) is 18.3. The highest BCUT2D eigenvalue weighted by Crippen LogP contribution is 2.67. The van der Waals surface area contributed by atoms with E-state index in [1.807, 2.05) is 0 Å². The van der Waals surface area contributed by atoms with Gasteiger partial charge in [-0.25, -0.2) is 0 Å². The van der Waals surface area contributed by atoms with E-state index in [1.54, 1.807) is 89.9 Å². The predicted molar refractivity (Wildman–Crippen MR) is 136 cm³/mol. The molecule has 6 saturated carbocycles. The van der Waals surface area contributed by atoms with Crippen LogP contribution in [-0.4, -0.2) is 8.07 Å². The van der Waals surface area contributed by atoms with E-state index in [1.165, 1.54) is 11.1 Å². The molecule has 11 atom stereocenters. The van der Waals surface area contributed by atoms with Crippen LogP contribution in [0, 0.1) is 59.2 Å². The highest BCUT2D eigenvalue weighted by atomic mass is 28.3. The van der Waals surface area contributed by atoms with Crippen molar-refractivity contribution < 1.29 is 0 Å². The van der Waals surface area contributed by atoms with Gasteiger partial charge in [0.1, 0.15) is 0 Å². The smallest absolute Gasteiger partial charge is 0.0541 e. The molecule has 0 spiro atoms. The first-order chi connectivity index (χ1) is 14.9. The van der Waals surface area contributed by atoms with Crippen LogP contribution in [0.2, 0.25) is 24.2 Å². The van der Waals surface area contributed by atoms with E-state index in [9.17, 15) is 0 Å². The largest absolute Gasteiger partial charge is 0.0689 e. The van der Waals surface area contributed by atoms with Gasteiger partial charge in [-0.2, -0.15) is 0 Å². The summed E-state index contributed by atoms with van der Waals surface area (Å²) in [5.41, 5.74) is 2.34. The van der Waals surface area contributed by atoms with Gasteiger partial charge in [0.25, 0.3) is 0 Å². The first-order valence-electron chi connectivity index (χ1n) is 14.9. The van der Waals surface area contributed by atoms with Crippen molar-refractivity contribution in [3.8, 4) is 0 Å². The standard InChI is InChI=1S/C30H52Si/c1-19(2)26-18-30(28-17-22-10-7-9-21(22)16-27(26)28)31(3,4)29-15-14-24-23-11-6-5-8-20(23)12-13-25(24)29/h19-30H,5-18H2,1-4H3. The average Bonchev–Trinajstić information content (AvgIpc) is 3.48. The molecule has 1 heteroatoms. The predicted octanol–water partition coefficient (Wildman–Crippen LogP) is 9.18. The Balaban J connectivity index is 1.24. The van der Waals surface area contributed by atoms with Gasteiger partial charge in [0.2, 0.25) is 0 Å². The summed E-state index contributed by atoms with van der Waals surface area (Å²) in [6, 6.07) is 0. The second-order valence-electron chi connectivity index (χ2n) is 14.6. The van der Waals surface area contributed by atoms with E-state index >= 15 is 0 Å². The summed E-state index contributed by atoms with van der Waals surface area (Å²) in [5.74, 6) is 11.1. The summed E-state index contributed by atoms with van der Waals surface area (Å²) in [6.07, 6.45) is 22.5. The van der Waals surface area contributed by atoms with Gasteiger partial charge in [-0.15, -0.1) is 0 Å². The minimum atomic E-state index is -1.24. The van der Waals surface area contributed by atoms with Gasteiger partial charge in [-0.1, -0.05) is 71.9 Å². The van der Waals surface area contributed by atoms with Gasteiger partial charge in [0.15, 0.2) is 0 Å². The zero-order chi connectivity index (χ0) is 21.3. The van der Waals surface area contributed by atoms with Crippen molar-refractivity contribution in [1.29, 1.82) is 0 Å². The summed E-state index contributed by atoms with van der Waals surface area (Å²) < 4.78 is 0. The van der Waals surface area contributed by atoms with Crippen LogP contribution in [0.25, 0.3) is 0 Å². The maximum absolute atomic E-state index is 2.93. The van der Waals surface area contributed by atoms with Crippen LogP contribution in [0.1, 0.15) is 104 Å². The molecule has 6 aliphatic carbocycles. The Bertz CT molecular complexity index is 651. The highest BCUT2D eigenvalue weighted by Gasteiger charge is 2.59. The average molecular weight is 441 g/mol. The fourth-order valence-corrected chi connectivity index (χ4v) is 17.2. The minimum Gasteiger partial charge on any atom is -0.0689 e.